The number of rotatable bonds is 1. The van der Waals surface area contributed by atoms with Crippen LogP contribution < -0.4 is 0 Å². The Morgan fingerprint density at radius 3 is 2.88 bits per heavy atom. The van der Waals surface area contributed by atoms with Gasteiger partial charge >= 0.3 is 0 Å². The van der Waals surface area contributed by atoms with Crippen molar-refractivity contribution in [3.63, 3.8) is 0 Å². The fraction of sp³-hybridized carbons (Fsp3) is 0.167. The SMILES string of the molecule is C=CC1OC=CC1=O. The summed E-state index contributed by atoms with van der Waals surface area (Å²) in [7, 11) is 0. The lowest BCUT2D eigenvalue weighted by Gasteiger charge is -1.98. The molecular weight excluding hydrogens is 104 g/mol. The Labute approximate surface area is 47.5 Å². The highest BCUT2D eigenvalue weighted by molar-refractivity contribution is 5.96. The van der Waals surface area contributed by atoms with Crippen LogP contribution in [0.3, 0.4) is 0 Å². The van der Waals surface area contributed by atoms with E-state index in [9.17, 15) is 4.79 Å². The Morgan fingerprint density at radius 1 is 1.88 bits per heavy atom. The van der Waals surface area contributed by atoms with Gasteiger partial charge in [0, 0.05) is 6.08 Å². The summed E-state index contributed by atoms with van der Waals surface area (Å²) in [6.45, 7) is 3.41. The molecule has 0 aromatic heterocycles. The van der Waals surface area contributed by atoms with Crippen molar-refractivity contribution in [2.45, 2.75) is 6.10 Å². The molecule has 2 nitrogen and oxygen atoms in total. The quantitative estimate of drug-likeness (QED) is 0.463. The second kappa shape index (κ2) is 1.82. The lowest BCUT2D eigenvalue weighted by atomic mass is 10.2. The first kappa shape index (κ1) is 5.09. The summed E-state index contributed by atoms with van der Waals surface area (Å²) in [5.74, 6) is -0.0278. The molecule has 0 amide bonds. The van der Waals surface area contributed by atoms with Crippen molar-refractivity contribution in [3.8, 4) is 0 Å². The fourth-order valence-corrected chi connectivity index (χ4v) is 0.525. The first-order valence-corrected chi connectivity index (χ1v) is 2.33. The minimum absolute atomic E-state index is 0.0278. The number of ether oxygens (including phenoxy) is 1. The molecule has 0 saturated carbocycles. The molecule has 0 aliphatic carbocycles. The van der Waals surface area contributed by atoms with Crippen LogP contribution in [0.25, 0.3) is 0 Å². The van der Waals surface area contributed by atoms with E-state index in [-0.39, 0.29) is 5.78 Å². The molecule has 42 valence electrons. The highest BCUT2D eigenvalue weighted by Crippen LogP contribution is 2.04. The van der Waals surface area contributed by atoms with Crippen molar-refractivity contribution in [3.05, 3.63) is 25.0 Å². The summed E-state index contributed by atoms with van der Waals surface area (Å²) in [4.78, 5) is 10.5. The normalized spacial score (nSPS) is 25.5. The molecule has 1 rings (SSSR count). The summed E-state index contributed by atoms with van der Waals surface area (Å²) in [5, 5.41) is 0. The molecule has 0 spiro atoms. The van der Waals surface area contributed by atoms with E-state index in [1.54, 1.807) is 0 Å². The van der Waals surface area contributed by atoms with Gasteiger partial charge in [0.1, 0.15) is 0 Å². The van der Waals surface area contributed by atoms with Gasteiger partial charge in [0.25, 0.3) is 0 Å². The predicted molar refractivity (Wildman–Crippen MR) is 29.2 cm³/mol. The van der Waals surface area contributed by atoms with Gasteiger partial charge in [-0.15, -0.1) is 0 Å². The molecule has 0 fully saturated rings. The molecule has 0 bridgehead atoms. The molecule has 0 N–H and O–H groups in total. The topological polar surface area (TPSA) is 26.3 Å². The van der Waals surface area contributed by atoms with E-state index >= 15 is 0 Å². The van der Waals surface area contributed by atoms with Crippen molar-refractivity contribution >= 4 is 5.78 Å². The minimum atomic E-state index is -0.421. The van der Waals surface area contributed by atoms with E-state index < -0.39 is 6.10 Å². The number of carbonyl (C=O) groups excluding carboxylic acids is 1. The molecule has 8 heavy (non-hydrogen) atoms. The third kappa shape index (κ3) is 0.644. The Morgan fingerprint density at radius 2 is 2.62 bits per heavy atom. The smallest absolute Gasteiger partial charge is 0.203 e. The highest BCUT2D eigenvalue weighted by Gasteiger charge is 2.15. The summed E-state index contributed by atoms with van der Waals surface area (Å²) in [5.41, 5.74) is 0. The Kier molecular flexibility index (Phi) is 1.16. The molecule has 1 atom stereocenters. The maximum atomic E-state index is 10.5. The van der Waals surface area contributed by atoms with Crippen molar-refractivity contribution in [2.24, 2.45) is 0 Å². The molecule has 1 unspecified atom stereocenters. The molecule has 0 saturated heterocycles. The molecule has 1 aliphatic rings. The van der Waals surface area contributed by atoms with Gasteiger partial charge in [0.05, 0.1) is 6.26 Å². The lowest BCUT2D eigenvalue weighted by molar-refractivity contribution is -0.118. The molecule has 2 heteroatoms. The molecule has 1 aliphatic heterocycles. The van der Waals surface area contributed by atoms with Crippen molar-refractivity contribution < 1.29 is 9.53 Å². The van der Waals surface area contributed by atoms with Crippen LogP contribution in [0, 0.1) is 0 Å². The van der Waals surface area contributed by atoms with Gasteiger partial charge < -0.3 is 4.74 Å². The summed E-state index contributed by atoms with van der Waals surface area (Å²) < 4.78 is 4.77. The molecular formula is C6H6O2. The second-order valence-corrected chi connectivity index (χ2v) is 1.50. The zero-order valence-electron chi connectivity index (χ0n) is 4.33. The van der Waals surface area contributed by atoms with Crippen LogP contribution in [-0.2, 0) is 9.53 Å². The van der Waals surface area contributed by atoms with Gasteiger partial charge in [0.2, 0.25) is 5.78 Å². The fourth-order valence-electron chi connectivity index (χ4n) is 0.525. The average Bonchev–Trinajstić information content (AvgIpc) is 2.14. The van der Waals surface area contributed by atoms with E-state index in [2.05, 4.69) is 6.58 Å². The highest BCUT2D eigenvalue weighted by atomic mass is 16.5. The zero-order chi connectivity index (χ0) is 5.98. The van der Waals surface area contributed by atoms with E-state index in [0.717, 1.165) is 0 Å². The van der Waals surface area contributed by atoms with Crippen molar-refractivity contribution in [1.29, 1.82) is 0 Å². The van der Waals surface area contributed by atoms with E-state index in [0.29, 0.717) is 0 Å². The summed E-state index contributed by atoms with van der Waals surface area (Å²) in [6.07, 6.45) is 3.83. The van der Waals surface area contributed by atoms with Gasteiger partial charge in [-0.25, -0.2) is 0 Å². The van der Waals surface area contributed by atoms with E-state index in [4.69, 9.17) is 4.74 Å². The zero-order valence-corrected chi connectivity index (χ0v) is 4.33. The molecule has 0 aromatic rings. The van der Waals surface area contributed by atoms with Crippen molar-refractivity contribution in [1.82, 2.24) is 0 Å². The van der Waals surface area contributed by atoms with Crippen LogP contribution >= 0.6 is 0 Å². The first-order chi connectivity index (χ1) is 3.84. The first-order valence-electron chi connectivity index (χ1n) is 2.33. The van der Waals surface area contributed by atoms with Gasteiger partial charge in [-0.2, -0.15) is 0 Å². The summed E-state index contributed by atoms with van der Waals surface area (Å²) >= 11 is 0. The van der Waals surface area contributed by atoms with Crippen molar-refractivity contribution in [2.75, 3.05) is 0 Å². The number of hydrogen-bond donors (Lipinski definition) is 0. The monoisotopic (exact) mass is 110 g/mol. The number of carbonyl (C=O) groups is 1. The Hall–Kier alpha value is -1.05. The molecule has 0 radical (unpaired) electrons. The minimum Gasteiger partial charge on any atom is -0.486 e. The van der Waals surface area contributed by atoms with Gasteiger partial charge in [0.15, 0.2) is 6.10 Å². The number of hydrogen-bond acceptors (Lipinski definition) is 2. The van der Waals surface area contributed by atoms with Crippen LogP contribution in [0.2, 0.25) is 0 Å². The predicted octanol–water partition coefficient (Wildman–Crippen LogP) is 0.654. The van der Waals surface area contributed by atoms with Gasteiger partial charge in [-0.1, -0.05) is 6.58 Å². The van der Waals surface area contributed by atoms with Crippen LogP contribution in [0.5, 0.6) is 0 Å². The second-order valence-electron chi connectivity index (χ2n) is 1.50. The summed E-state index contributed by atoms with van der Waals surface area (Å²) in [6, 6.07) is 0. The van der Waals surface area contributed by atoms with Gasteiger partial charge in [-0.3, -0.25) is 4.79 Å². The van der Waals surface area contributed by atoms with E-state index in [1.165, 1.54) is 18.4 Å². The van der Waals surface area contributed by atoms with Crippen LogP contribution in [0.15, 0.2) is 25.0 Å². The Balaban J connectivity index is 2.63. The van der Waals surface area contributed by atoms with E-state index in [1.807, 2.05) is 0 Å². The van der Waals surface area contributed by atoms with Crippen LogP contribution in [0.4, 0.5) is 0 Å². The average molecular weight is 110 g/mol. The maximum absolute atomic E-state index is 10.5. The van der Waals surface area contributed by atoms with Gasteiger partial charge in [-0.05, 0) is 6.08 Å². The third-order valence-corrected chi connectivity index (χ3v) is 0.952. The molecule has 0 aromatic carbocycles. The molecule has 1 heterocycles. The standard InChI is InChI=1S/C6H6O2/c1-2-6-5(7)3-4-8-6/h2-4,6H,1H2. The third-order valence-electron chi connectivity index (χ3n) is 0.952. The Bertz CT molecular complexity index is 147. The maximum Gasteiger partial charge on any atom is 0.203 e. The lowest BCUT2D eigenvalue weighted by Crippen LogP contribution is -2.10. The number of ketones is 1. The van der Waals surface area contributed by atoms with Crippen LogP contribution in [0.1, 0.15) is 0 Å². The van der Waals surface area contributed by atoms with Crippen LogP contribution in [-0.4, -0.2) is 11.9 Å². The largest absolute Gasteiger partial charge is 0.486 e.